The van der Waals surface area contributed by atoms with Crippen LogP contribution in [-0.2, 0) is 20.8 Å². The molecule has 0 bridgehead atoms. The fourth-order valence-corrected chi connectivity index (χ4v) is 1.46. The summed E-state index contributed by atoms with van der Waals surface area (Å²) in [5.74, 6) is 6.50. The Bertz CT molecular complexity index is 363. The average Bonchev–Trinajstić information content (AvgIpc) is 2.41. The Balaban J connectivity index is 2.13. The number of aromatic nitrogens is 2. The second-order valence-electron chi connectivity index (χ2n) is 3.97. The molecule has 1 rings (SSSR count). The number of nitrogens with two attached hydrogens (primary N) is 1. The first-order valence-electron chi connectivity index (χ1n) is 6.22. The number of ether oxygens (including phenoxy) is 3. The van der Waals surface area contributed by atoms with Gasteiger partial charge in [-0.15, -0.1) is 0 Å². The summed E-state index contributed by atoms with van der Waals surface area (Å²) in [5.41, 5.74) is 3.34. The van der Waals surface area contributed by atoms with Gasteiger partial charge in [0.25, 0.3) is 0 Å². The predicted molar refractivity (Wildman–Crippen MR) is 71.5 cm³/mol. The van der Waals surface area contributed by atoms with Crippen LogP contribution in [0.2, 0.25) is 0 Å². The SMILES string of the molecule is COCCCOCCOCc1nc(C)cc(NN)n1. The summed E-state index contributed by atoms with van der Waals surface area (Å²) in [5, 5.41) is 0. The highest BCUT2D eigenvalue weighted by Crippen LogP contribution is 2.05. The Kier molecular flexibility index (Phi) is 7.99. The number of methoxy groups -OCH3 is 1. The highest BCUT2D eigenvalue weighted by molar-refractivity contribution is 5.33. The number of hydrogen-bond acceptors (Lipinski definition) is 7. The molecule has 19 heavy (non-hydrogen) atoms. The van der Waals surface area contributed by atoms with Gasteiger partial charge < -0.3 is 19.6 Å². The van der Waals surface area contributed by atoms with Gasteiger partial charge in [0.1, 0.15) is 12.4 Å². The van der Waals surface area contributed by atoms with Crippen molar-refractivity contribution >= 4 is 5.82 Å². The fraction of sp³-hybridized carbons (Fsp3) is 0.667. The van der Waals surface area contributed by atoms with Gasteiger partial charge in [0.2, 0.25) is 0 Å². The molecule has 0 unspecified atom stereocenters. The number of nitrogens with one attached hydrogen (secondary N) is 1. The van der Waals surface area contributed by atoms with Crippen LogP contribution in [0.5, 0.6) is 0 Å². The summed E-state index contributed by atoms with van der Waals surface area (Å²) < 4.78 is 15.7. The minimum absolute atomic E-state index is 0.345. The zero-order chi connectivity index (χ0) is 13.9. The number of hydrazine groups is 1. The van der Waals surface area contributed by atoms with Crippen molar-refractivity contribution in [1.29, 1.82) is 0 Å². The number of hydrogen-bond donors (Lipinski definition) is 2. The molecule has 108 valence electrons. The minimum atomic E-state index is 0.345. The summed E-state index contributed by atoms with van der Waals surface area (Å²) in [6.07, 6.45) is 0.892. The highest BCUT2D eigenvalue weighted by atomic mass is 16.5. The molecule has 1 aromatic heterocycles. The first-order valence-corrected chi connectivity index (χ1v) is 6.22. The van der Waals surface area contributed by atoms with E-state index in [0.717, 1.165) is 12.1 Å². The van der Waals surface area contributed by atoms with Crippen molar-refractivity contribution in [3.05, 3.63) is 17.6 Å². The number of nitrogen functional groups attached to an aromatic ring is 1. The van der Waals surface area contributed by atoms with Gasteiger partial charge in [0.15, 0.2) is 5.82 Å². The van der Waals surface area contributed by atoms with Gasteiger partial charge in [-0.25, -0.2) is 15.8 Å². The van der Waals surface area contributed by atoms with Crippen LogP contribution >= 0.6 is 0 Å². The zero-order valence-electron chi connectivity index (χ0n) is 11.5. The second kappa shape index (κ2) is 9.62. The molecule has 1 aromatic rings. The lowest BCUT2D eigenvalue weighted by atomic mass is 10.4. The van der Waals surface area contributed by atoms with Crippen LogP contribution in [0.4, 0.5) is 5.82 Å². The molecular formula is C12H22N4O3. The molecule has 0 aliphatic heterocycles. The summed E-state index contributed by atoms with van der Waals surface area (Å²) in [7, 11) is 1.68. The van der Waals surface area contributed by atoms with Crippen molar-refractivity contribution in [2.75, 3.05) is 39.0 Å². The summed E-state index contributed by atoms with van der Waals surface area (Å²) in [6.45, 7) is 4.68. The molecule has 7 heteroatoms. The van der Waals surface area contributed by atoms with Gasteiger partial charge in [-0.1, -0.05) is 0 Å². The van der Waals surface area contributed by atoms with Crippen LogP contribution in [0.3, 0.4) is 0 Å². The van der Waals surface area contributed by atoms with Crippen molar-refractivity contribution in [2.24, 2.45) is 5.84 Å². The first kappa shape index (κ1) is 15.8. The smallest absolute Gasteiger partial charge is 0.156 e. The molecule has 0 spiro atoms. The van der Waals surface area contributed by atoms with E-state index in [1.807, 2.05) is 6.92 Å². The number of anilines is 1. The molecule has 0 saturated carbocycles. The molecule has 0 atom stereocenters. The number of rotatable bonds is 10. The third kappa shape index (κ3) is 7.02. The van der Waals surface area contributed by atoms with E-state index in [2.05, 4.69) is 15.4 Å². The zero-order valence-corrected chi connectivity index (χ0v) is 11.5. The van der Waals surface area contributed by atoms with Crippen LogP contribution in [0.25, 0.3) is 0 Å². The quantitative estimate of drug-likeness (QED) is 0.366. The Hall–Kier alpha value is -1.28. The van der Waals surface area contributed by atoms with E-state index in [-0.39, 0.29) is 0 Å². The fourth-order valence-electron chi connectivity index (χ4n) is 1.46. The molecule has 0 radical (unpaired) electrons. The van der Waals surface area contributed by atoms with Gasteiger partial charge in [-0.3, -0.25) is 0 Å². The monoisotopic (exact) mass is 270 g/mol. The maximum absolute atomic E-state index is 5.43. The third-order valence-corrected chi connectivity index (χ3v) is 2.29. The van der Waals surface area contributed by atoms with Gasteiger partial charge in [0.05, 0.1) is 13.2 Å². The Labute approximate surface area is 113 Å². The molecule has 7 nitrogen and oxygen atoms in total. The van der Waals surface area contributed by atoms with Crippen LogP contribution in [-0.4, -0.2) is 43.5 Å². The Morgan fingerprint density at radius 1 is 1.16 bits per heavy atom. The van der Waals surface area contributed by atoms with Gasteiger partial charge in [-0.2, -0.15) is 0 Å². The molecular weight excluding hydrogens is 248 g/mol. The van der Waals surface area contributed by atoms with E-state index >= 15 is 0 Å². The van der Waals surface area contributed by atoms with E-state index in [1.54, 1.807) is 13.2 Å². The lowest BCUT2D eigenvalue weighted by Gasteiger charge is -2.07. The average molecular weight is 270 g/mol. The van der Waals surface area contributed by atoms with Crippen LogP contribution in [0.1, 0.15) is 17.9 Å². The molecule has 0 amide bonds. The number of nitrogens with zero attached hydrogens (tertiary/aromatic N) is 2. The lowest BCUT2D eigenvalue weighted by molar-refractivity contribution is 0.0317. The largest absolute Gasteiger partial charge is 0.385 e. The van der Waals surface area contributed by atoms with Crippen molar-refractivity contribution in [3.63, 3.8) is 0 Å². The molecule has 0 aromatic carbocycles. The topological polar surface area (TPSA) is 91.5 Å². The highest BCUT2D eigenvalue weighted by Gasteiger charge is 2.01. The van der Waals surface area contributed by atoms with Crippen LogP contribution in [0.15, 0.2) is 6.07 Å². The first-order chi connectivity index (χ1) is 9.26. The van der Waals surface area contributed by atoms with Gasteiger partial charge in [-0.05, 0) is 13.3 Å². The molecule has 0 fully saturated rings. The summed E-state index contributed by atoms with van der Waals surface area (Å²) in [4.78, 5) is 8.43. The maximum Gasteiger partial charge on any atom is 0.156 e. The van der Waals surface area contributed by atoms with Crippen molar-refractivity contribution < 1.29 is 14.2 Å². The van der Waals surface area contributed by atoms with Crippen molar-refractivity contribution in [3.8, 4) is 0 Å². The van der Waals surface area contributed by atoms with Gasteiger partial charge >= 0.3 is 0 Å². The maximum atomic E-state index is 5.43. The predicted octanol–water partition coefficient (Wildman–Crippen LogP) is 0.640. The van der Waals surface area contributed by atoms with Crippen LogP contribution < -0.4 is 11.3 Å². The lowest BCUT2D eigenvalue weighted by Crippen LogP contribution is -2.12. The molecule has 0 aliphatic carbocycles. The van der Waals surface area contributed by atoms with Crippen molar-refractivity contribution in [2.45, 2.75) is 20.0 Å². The molecule has 1 heterocycles. The van der Waals surface area contributed by atoms with Crippen molar-refractivity contribution in [1.82, 2.24) is 9.97 Å². The molecule has 0 aliphatic rings. The van der Waals surface area contributed by atoms with E-state index in [4.69, 9.17) is 20.1 Å². The van der Waals surface area contributed by atoms with E-state index in [9.17, 15) is 0 Å². The summed E-state index contributed by atoms with van der Waals surface area (Å²) >= 11 is 0. The van der Waals surface area contributed by atoms with Gasteiger partial charge in [0, 0.05) is 32.1 Å². The van der Waals surface area contributed by atoms with E-state index < -0.39 is 0 Å². The molecule has 0 saturated heterocycles. The normalized spacial score (nSPS) is 10.7. The number of aryl methyl sites for hydroxylation is 1. The van der Waals surface area contributed by atoms with E-state index in [1.165, 1.54) is 0 Å². The molecule has 3 N–H and O–H groups in total. The van der Waals surface area contributed by atoms with Crippen LogP contribution in [0, 0.1) is 6.92 Å². The third-order valence-electron chi connectivity index (χ3n) is 2.29. The standard InChI is InChI=1S/C12H22N4O3/c1-10-8-11(16-13)15-12(14-10)9-19-7-6-18-5-3-4-17-2/h8H,3-7,9,13H2,1-2H3,(H,14,15,16). The second-order valence-corrected chi connectivity index (χ2v) is 3.97. The Morgan fingerprint density at radius 2 is 1.95 bits per heavy atom. The summed E-state index contributed by atoms with van der Waals surface area (Å²) in [6, 6.07) is 1.77. The van der Waals surface area contributed by atoms with E-state index in [0.29, 0.717) is 44.7 Å². The minimum Gasteiger partial charge on any atom is -0.385 e. The Morgan fingerprint density at radius 3 is 2.68 bits per heavy atom.